The predicted octanol–water partition coefficient (Wildman–Crippen LogP) is 2.16. The van der Waals surface area contributed by atoms with E-state index in [0.29, 0.717) is 11.6 Å². The van der Waals surface area contributed by atoms with Crippen LogP contribution in [0, 0.1) is 16.0 Å². The second kappa shape index (κ2) is 5.26. The number of nitrogens with zero attached hydrogens (tertiary/aromatic N) is 1. The van der Waals surface area contributed by atoms with Crippen molar-refractivity contribution in [1.29, 1.82) is 0 Å². The van der Waals surface area contributed by atoms with Gasteiger partial charge in [0.1, 0.15) is 5.56 Å². The van der Waals surface area contributed by atoms with Crippen LogP contribution in [0.4, 0.5) is 11.4 Å². The van der Waals surface area contributed by atoms with Crippen LogP contribution in [0.25, 0.3) is 0 Å². The lowest BCUT2D eigenvalue weighted by Gasteiger charge is -2.13. The summed E-state index contributed by atoms with van der Waals surface area (Å²) in [5, 5.41) is 16.7. The minimum atomic E-state index is -0.532. The van der Waals surface area contributed by atoms with E-state index < -0.39 is 4.92 Å². The lowest BCUT2D eigenvalue weighted by molar-refractivity contribution is -0.385. The Morgan fingerprint density at radius 1 is 1.47 bits per heavy atom. The van der Waals surface area contributed by atoms with Crippen molar-refractivity contribution in [2.45, 2.75) is 25.8 Å². The number of nitro groups is 1. The van der Waals surface area contributed by atoms with E-state index in [9.17, 15) is 14.9 Å². The standard InChI is InChI=1S/C13H17N3O3/c1-8(9-3-4-9)15-13(17)11-7-10(14-2)5-6-12(11)16(18)19/h5-9,14H,3-4H2,1-2H3,(H,15,17). The van der Waals surface area contributed by atoms with Gasteiger partial charge in [-0.2, -0.15) is 0 Å². The Bertz CT molecular complexity index is 512. The molecule has 1 aromatic carbocycles. The molecule has 0 aromatic heterocycles. The molecule has 2 N–H and O–H groups in total. The molecule has 6 heteroatoms. The van der Waals surface area contributed by atoms with Gasteiger partial charge in [-0.25, -0.2) is 0 Å². The minimum Gasteiger partial charge on any atom is -0.388 e. The average Bonchev–Trinajstić information content (AvgIpc) is 3.21. The molecule has 1 fully saturated rings. The molecule has 1 unspecified atom stereocenters. The van der Waals surface area contributed by atoms with Gasteiger partial charge in [-0.05, 0) is 37.8 Å². The first-order chi connectivity index (χ1) is 9.02. The zero-order valence-electron chi connectivity index (χ0n) is 11.0. The Balaban J connectivity index is 2.24. The molecule has 1 amide bonds. The van der Waals surface area contributed by atoms with Crippen molar-refractivity contribution in [1.82, 2.24) is 5.32 Å². The molecule has 6 nitrogen and oxygen atoms in total. The Morgan fingerprint density at radius 2 is 2.16 bits per heavy atom. The van der Waals surface area contributed by atoms with Crippen molar-refractivity contribution in [3.05, 3.63) is 33.9 Å². The van der Waals surface area contributed by atoms with Crippen molar-refractivity contribution < 1.29 is 9.72 Å². The van der Waals surface area contributed by atoms with E-state index >= 15 is 0 Å². The lowest BCUT2D eigenvalue weighted by atomic mass is 10.1. The molecule has 0 saturated heterocycles. The van der Waals surface area contributed by atoms with Crippen LogP contribution in [0.2, 0.25) is 0 Å². The number of nitrogens with one attached hydrogen (secondary N) is 2. The Kier molecular flexibility index (Phi) is 3.69. The summed E-state index contributed by atoms with van der Waals surface area (Å²) in [5.74, 6) is 0.124. The SMILES string of the molecule is CNc1ccc([N+](=O)[O-])c(C(=O)NC(C)C2CC2)c1. The van der Waals surface area contributed by atoms with E-state index in [2.05, 4.69) is 10.6 Å². The van der Waals surface area contributed by atoms with Gasteiger partial charge >= 0.3 is 0 Å². The molecule has 0 aliphatic heterocycles. The number of carbonyl (C=O) groups is 1. The molecule has 0 heterocycles. The fraction of sp³-hybridized carbons (Fsp3) is 0.462. The summed E-state index contributed by atoms with van der Waals surface area (Å²) in [6.07, 6.45) is 2.22. The number of rotatable bonds is 5. The Hall–Kier alpha value is -2.11. The van der Waals surface area contributed by atoms with Gasteiger partial charge in [0.15, 0.2) is 0 Å². The third-order valence-corrected chi connectivity index (χ3v) is 3.41. The molecular weight excluding hydrogens is 246 g/mol. The molecule has 0 spiro atoms. The van der Waals surface area contributed by atoms with Crippen LogP contribution >= 0.6 is 0 Å². The van der Waals surface area contributed by atoms with Crippen LogP contribution < -0.4 is 10.6 Å². The van der Waals surface area contributed by atoms with Crippen LogP contribution in [0.5, 0.6) is 0 Å². The van der Waals surface area contributed by atoms with Crippen LogP contribution in [0.1, 0.15) is 30.1 Å². The molecule has 19 heavy (non-hydrogen) atoms. The highest BCUT2D eigenvalue weighted by Gasteiger charge is 2.30. The van der Waals surface area contributed by atoms with Gasteiger partial charge in [0.25, 0.3) is 11.6 Å². The highest BCUT2D eigenvalue weighted by atomic mass is 16.6. The summed E-state index contributed by atoms with van der Waals surface area (Å²) in [6, 6.07) is 4.50. The maximum absolute atomic E-state index is 12.1. The molecule has 102 valence electrons. The van der Waals surface area contributed by atoms with Crippen molar-refractivity contribution in [3.63, 3.8) is 0 Å². The first-order valence-corrected chi connectivity index (χ1v) is 6.30. The maximum Gasteiger partial charge on any atom is 0.282 e. The molecule has 0 radical (unpaired) electrons. The highest BCUT2D eigenvalue weighted by Crippen LogP contribution is 2.32. The summed E-state index contributed by atoms with van der Waals surface area (Å²) in [4.78, 5) is 22.6. The number of benzene rings is 1. The van der Waals surface area contributed by atoms with E-state index in [-0.39, 0.29) is 23.2 Å². The molecule has 1 aliphatic rings. The lowest BCUT2D eigenvalue weighted by Crippen LogP contribution is -2.34. The van der Waals surface area contributed by atoms with Crippen molar-refractivity contribution in [3.8, 4) is 0 Å². The monoisotopic (exact) mass is 263 g/mol. The largest absolute Gasteiger partial charge is 0.388 e. The third-order valence-electron chi connectivity index (χ3n) is 3.41. The van der Waals surface area contributed by atoms with Crippen LogP contribution in [0.15, 0.2) is 18.2 Å². The number of hydrogen-bond donors (Lipinski definition) is 2. The zero-order valence-corrected chi connectivity index (χ0v) is 11.0. The number of amides is 1. The topological polar surface area (TPSA) is 84.3 Å². The first-order valence-electron chi connectivity index (χ1n) is 6.30. The van der Waals surface area contributed by atoms with Gasteiger partial charge in [0, 0.05) is 24.8 Å². The summed E-state index contributed by atoms with van der Waals surface area (Å²) >= 11 is 0. The van der Waals surface area contributed by atoms with Crippen molar-refractivity contribution in [2.75, 3.05) is 12.4 Å². The van der Waals surface area contributed by atoms with E-state index in [0.717, 1.165) is 12.8 Å². The summed E-state index contributed by atoms with van der Waals surface area (Å²) in [6.45, 7) is 1.93. The smallest absolute Gasteiger partial charge is 0.282 e. The fourth-order valence-corrected chi connectivity index (χ4v) is 2.03. The normalized spacial score (nSPS) is 15.7. The number of nitro benzene ring substituents is 1. The van der Waals surface area contributed by atoms with Crippen LogP contribution in [0.3, 0.4) is 0 Å². The van der Waals surface area contributed by atoms with Gasteiger partial charge in [0.2, 0.25) is 0 Å². The number of carbonyl (C=O) groups excluding carboxylic acids is 1. The van der Waals surface area contributed by atoms with E-state index in [1.165, 1.54) is 12.1 Å². The van der Waals surface area contributed by atoms with Gasteiger partial charge in [0.05, 0.1) is 4.92 Å². The van der Waals surface area contributed by atoms with Crippen LogP contribution in [-0.2, 0) is 0 Å². The average molecular weight is 263 g/mol. The highest BCUT2D eigenvalue weighted by molar-refractivity contribution is 5.99. The molecule has 1 aliphatic carbocycles. The number of hydrogen-bond acceptors (Lipinski definition) is 4. The van der Waals surface area contributed by atoms with E-state index in [1.807, 2.05) is 6.92 Å². The maximum atomic E-state index is 12.1. The molecule has 1 atom stereocenters. The predicted molar refractivity (Wildman–Crippen MR) is 72.3 cm³/mol. The quantitative estimate of drug-likeness (QED) is 0.629. The Labute approximate surface area is 111 Å². The van der Waals surface area contributed by atoms with Gasteiger partial charge in [-0.3, -0.25) is 14.9 Å². The third kappa shape index (κ3) is 3.01. The second-order valence-corrected chi connectivity index (χ2v) is 4.84. The fourth-order valence-electron chi connectivity index (χ4n) is 2.03. The zero-order chi connectivity index (χ0) is 14.0. The second-order valence-electron chi connectivity index (χ2n) is 4.84. The Morgan fingerprint density at radius 3 is 2.68 bits per heavy atom. The molecule has 1 saturated carbocycles. The van der Waals surface area contributed by atoms with E-state index in [4.69, 9.17) is 0 Å². The van der Waals surface area contributed by atoms with Gasteiger partial charge in [-0.1, -0.05) is 0 Å². The van der Waals surface area contributed by atoms with Crippen molar-refractivity contribution >= 4 is 17.3 Å². The van der Waals surface area contributed by atoms with Gasteiger partial charge in [-0.15, -0.1) is 0 Å². The summed E-state index contributed by atoms with van der Waals surface area (Å²) < 4.78 is 0. The van der Waals surface area contributed by atoms with E-state index in [1.54, 1.807) is 13.1 Å². The summed E-state index contributed by atoms with van der Waals surface area (Å²) in [5.41, 5.74) is 0.610. The molecule has 0 bridgehead atoms. The minimum absolute atomic E-state index is 0.0605. The summed E-state index contributed by atoms with van der Waals surface area (Å²) in [7, 11) is 1.70. The molecule has 1 aromatic rings. The van der Waals surface area contributed by atoms with Crippen molar-refractivity contribution in [2.24, 2.45) is 5.92 Å². The number of anilines is 1. The van der Waals surface area contributed by atoms with Crippen LogP contribution in [-0.4, -0.2) is 23.9 Å². The first kappa shape index (κ1) is 13.3. The molecule has 2 rings (SSSR count). The van der Waals surface area contributed by atoms with Gasteiger partial charge < -0.3 is 10.6 Å². The molecular formula is C13H17N3O3.